The van der Waals surface area contributed by atoms with Gasteiger partial charge >= 0.3 is 6.03 Å². The number of amides is 3. The van der Waals surface area contributed by atoms with E-state index in [9.17, 15) is 9.59 Å². The molecule has 6 nitrogen and oxygen atoms in total. The van der Waals surface area contributed by atoms with Gasteiger partial charge in [-0.1, -0.05) is 38.1 Å². The number of nitrogens with one attached hydrogen (secondary N) is 3. The van der Waals surface area contributed by atoms with Crippen molar-refractivity contribution in [3.63, 3.8) is 0 Å². The summed E-state index contributed by atoms with van der Waals surface area (Å²) in [5, 5.41) is 8.48. The smallest absolute Gasteiger partial charge is 0.319 e. The normalized spacial score (nSPS) is 10.5. The number of anilines is 2. The lowest BCUT2D eigenvalue weighted by Crippen LogP contribution is -2.28. The Morgan fingerprint density at radius 3 is 2.37 bits per heavy atom. The minimum absolute atomic E-state index is 0.00947. The maximum absolute atomic E-state index is 12.1. The van der Waals surface area contributed by atoms with E-state index in [1.807, 2.05) is 62.4 Å². The van der Waals surface area contributed by atoms with Crippen LogP contribution in [0.4, 0.5) is 16.2 Å². The van der Waals surface area contributed by atoms with Crippen LogP contribution in [-0.4, -0.2) is 19.0 Å². The lowest BCUT2D eigenvalue weighted by molar-refractivity contribution is -0.116. The Labute approximate surface area is 160 Å². The fourth-order valence-electron chi connectivity index (χ4n) is 2.55. The molecule has 2 rings (SSSR count). The maximum atomic E-state index is 12.1. The number of benzene rings is 2. The average Bonchev–Trinajstić information content (AvgIpc) is 2.61. The monoisotopic (exact) mass is 369 g/mol. The highest BCUT2D eigenvalue weighted by Gasteiger charge is 2.06. The molecule has 0 bridgehead atoms. The summed E-state index contributed by atoms with van der Waals surface area (Å²) < 4.78 is 5.06. The predicted molar refractivity (Wildman–Crippen MR) is 108 cm³/mol. The first-order valence-electron chi connectivity index (χ1n) is 8.98. The van der Waals surface area contributed by atoms with E-state index >= 15 is 0 Å². The van der Waals surface area contributed by atoms with Gasteiger partial charge in [0.2, 0.25) is 5.91 Å². The fraction of sp³-hybridized carbons (Fsp3) is 0.333. The van der Waals surface area contributed by atoms with Gasteiger partial charge in [0, 0.05) is 31.5 Å². The Bertz CT molecular complexity index is 758. The second kappa shape index (κ2) is 10.3. The standard InChI is InChI=1S/C21H27N3O3/c1-15(2)11-20(25)23-19-6-4-5-17(12-19)13-22-21(26)24-18-9-7-16(8-10-18)14-27-3/h4-10,12,15H,11,13-14H2,1-3H3,(H,23,25)(H2,22,24,26). The third-order valence-electron chi connectivity index (χ3n) is 3.78. The van der Waals surface area contributed by atoms with Crippen molar-refractivity contribution in [2.75, 3.05) is 17.7 Å². The molecule has 0 saturated carbocycles. The van der Waals surface area contributed by atoms with Gasteiger partial charge in [-0.25, -0.2) is 4.79 Å². The van der Waals surface area contributed by atoms with Gasteiger partial charge in [-0.05, 0) is 41.3 Å². The van der Waals surface area contributed by atoms with Crippen molar-refractivity contribution >= 4 is 23.3 Å². The van der Waals surface area contributed by atoms with Gasteiger partial charge in [0.15, 0.2) is 0 Å². The van der Waals surface area contributed by atoms with Crippen LogP contribution in [0.5, 0.6) is 0 Å². The van der Waals surface area contributed by atoms with Crippen LogP contribution in [0.25, 0.3) is 0 Å². The second-order valence-corrected chi connectivity index (χ2v) is 6.78. The number of carbonyl (C=O) groups excluding carboxylic acids is 2. The Balaban J connectivity index is 1.84. The number of hydrogen-bond acceptors (Lipinski definition) is 3. The maximum Gasteiger partial charge on any atom is 0.319 e. The molecule has 3 amide bonds. The van der Waals surface area contributed by atoms with E-state index in [0.717, 1.165) is 16.8 Å². The van der Waals surface area contributed by atoms with Crippen molar-refractivity contribution in [2.24, 2.45) is 5.92 Å². The van der Waals surface area contributed by atoms with Gasteiger partial charge in [-0.3, -0.25) is 4.79 Å². The van der Waals surface area contributed by atoms with Gasteiger partial charge < -0.3 is 20.7 Å². The van der Waals surface area contributed by atoms with Crippen LogP contribution in [0.15, 0.2) is 48.5 Å². The fourth-order valence-corrected chi connectivity index (χ4v) is 2.55. The molecule has 0 saturated heterocycles. The largest absolute Gasteiger partial charge is 0.380 e. The van der Waals surface area contributed by atoms with Gasteiger partial charge in [-0.2, -0.15) is 0 Å². The highest BCUT2D eigenvalue weighted by Crippen LogP contribution is 2.13. The summed E-state index contributed by atoms with van der Waals surface area (Å²) in [6.45, 7) is 4.91. The zero-order chi connectivity index (χ0) is 19.6. The van der Waals surface area contributed by atoms with Gasteiger partial charge in [0.25, 0.3) is 0 Å². The summed E-state index contributed by atoms with van der Waals surface area (Å²) in [7, 11) is 1.64. The molecule has 0 aliphatic heterocycles. The first-order chi connectivity index (χ1) is 13.0. The molecule has 0 radical (unpaired) electrons. The molecule has 2 aromatic rings. The van der Waals surface area contributed by atoms with Crippen LogP contribution in [0.1, 0.15) is 31.4 Å². The third kappa shape index (κ3) is 7.50. The van der Waals surface area contributed by atoms with Crippen LogP contribution < -0.4 is 16.0 Å². The van der Waals surface area contributed by atoms with Crippen LogP contribution in [0, 0.1) is 5.92 Å². The quantitative estimate of drug-likeness (QED) is 0.654. The Morgan fingerprint density at radius 2 is 1.70 bits per heavy atom. The van der Waals surface area contributed by atoms with E-state index in [1.165, 1.54) is 0 Å². The molecule has 0 fully saturated rings. The van der Waals surface area contributed by atoms with E-state index in [0.29, 0.717) is 31.2 Å². The van der Waals surface area contributed by atoms with E-state index in [2.05, 4.69) is 16.0 Å². The molecule has 0 atom stereocenters. The molecular weight excluding hydrogens is 342 g/mol. The Morgan fingerprint density at radius 1 is 0.963 bits per heavy atom. The van der Waals surface area contributed by atoms with Crippen molar-refractivity contribution in [2.45, 2.75) is 33.4 Å². The number of hydrogen-bond donors (Lipinski definition) is 3. The van der Waals surface area contributed by atoms with E-state index in [1.54, 1.807) is 7.11 Å². The highest BCUT2D eigenvalue weighted by atomic mass is 16.5. The number of urea groups is 1. The molecule has 0 aromatic heterocycles. The zero-order valence-electron chi connectivity index (χ0n) is 16.0. The molecule has 2 aromatic carbocycles. The molecule has 3 N–H and O–H groups in total. The van der Waals surface area contributed by atoms with Crippen LogP contribution in [-0.2, 0) is 22.7 Å². The highest BCUT2D eigenvalue weighted by molar-refractivity contribution is 5.91. The first-order valence-corrected chi connectivity index (χ1v) is 8.98. The number of methoxy groups -OCH3 is 1. The zero-order valence-corrected chi connectivity index (χ0v) is 16.0. The molecule has 144 valence electrons. The van der Waals surface area contributed by atoms with Gasteiger partial charge in [-0.15, -0.1) is 0 Å². The summed E-state index contributed by atoms with van der Waals surface area (Å²) in [5.41, 5.74) is 3.39. The predicted octanol–water partition coefficient (Wildman–Crippen LogP) is 4.14. The van der Waals surface area contributed by atoms with Crippen molar-refractivity contribution in [3.8, 4) is 0 Å². The summed E-state index contributed by atoms with van der Waals surface area (Å²) in [5.74, 6) is 0.298. The van der Waals surface area contributed by atoms with Crippen LogP contribution in [0.3, 0.4) is 0 Å². The summed E-state index contributed by atoms with van der Waals surface area (Å²) in [4.78, 5) is 23.9. The summed E-state index contributed by atoms with van der Waals surface area (Å²) >= 11 is 0. The second-order valence-electron chi connectivity index (χ2n) is 6.78. The topological polar surface area (TPSA) is 79.5 Å². The number of rotatable bonds is 8. The van der Waals surface area contributed by atoms with Crippen molar-refractivity contribution in [3.05, 3.63) is 59.7 Å². The number of ether oxygens (including phenoxy) is 1. The molecular formula is C21H27N3O3. The summed E-state index contributed by atoms with van der Waals surface area (Å²) in [6, 6.07) is 14.6. The lowest BCUT2D eigenvalue weighted by Gasteiger charge is -2.11. The molecule has 0 aliphatic carbocycles. The summed E-state index contributed by atoms with van der Waals surface area (Å²) in [6.07, 6.45) is 0.480. The third-order valence-corrected chi connectivity index (χ3v) is 3.78. The Kier molecular flexibility index (Phi) is 7.82. The molecule has 27 heavy (non-hydrogen) atoms. The number of carbonyl (C=O) groups is 2. The molecule has 0 aliphatic rings. The van der Waals surface area contributed by atoms with Gasteiger partial charge in [0.1, 0.15) is 0 Å². The van der Waals surface area contributed by atoms with E-state index in [-0.39, 0.29) is 11.9 Å². The molecule has 0 unspecified atom stereocenters. The van der Waals surface area contributed by atoms with E-state index < -0.39 is 0 Å². The van der Waals surface area contributed by atoms with E-state index in [4.69, 9.17) is 4.74 Å². The molecule has 6 heteroatoms. The molecule has 0 heterocycles. The van der Waals surface area contributed by atoms with Crippen molar-refractivity contribution in [1.29, 1.82) is 0 Å². The first kappa shape index (κ1) is 20.5. The minimum atomic E-state index is -0.288. The Hall–Kier alpha value is -2.86. The van der Waals surface area contributed by atoms with Crippen molar-refractivity contribution < 1.29 is 14.3 Å². The minimum Gasteiger partial charge on any atom is -0.380 e. The lowest BCUT2D eigenvalue weighted by atomic mass is 10.1. The van der Waals surface area contributed by atoms with Crippen molar-refractivity contribution in [1.82, 2.24) is 5.32 Å². The van der Waals surface area contributed by atoms with Gasteiger partial charge in [0.05, 0.1) is 6.61 Å². The van der Waals surface area contributed by atoms with Crippen LogP contribution >= 0.6 is 0 Å². The van der Waals surface area contributed by atoms with Crippen LogP contribution in [0.2, 0.25) is 0 Å². The molecule has 0 spiro atoms. The average molecular weight is 369 g/mol. The SMILES string of the molecule is COCc1ccc(NC(=O)NCc2cccc(NC(=O)CC(C)C)c2)cc1.